The molecule has 0 aliphatic carbocycles. The van der Waals surface area contributed by atoms with Crippen molar-refractivity contribution in [1.29, 1.82) is 0 Å². The number of benzene rings is 2. The van der Waals surface area contributed by atoms with E-state index in [4.69, 9.17) is 25.4 Å². The van der Waals surface area contributed by atoms with Crippen molar-refractivity contribution in [3.63, 3.8) is 0 Å². The Hall–Kier alpha value is -3.39. The van der Waals surface area contributed by atoms with Crippen LogP contribution in [0.2, 0.25) is 5.02 Å². The zero-order valence-corrected chi connectivity index (χ0v) is 25.7. The number of hydrogen-bond acceptors (Lipinski definition) is 10. The zero-order chi connectivity index (χ0) is 30.2. The van der Waals surface area contributed by atoms with Crippen LogP contribution < -0.4 is 20.9 Å². The third-order valence-corrected chi connectivity index (χ3v) is 10.2. The fraction of sp³-hybridized carbons (Fsp3) is 0.192. The molecule has 1 aliphatic heterocycles. The monoisotopic (exact) mass is 652 g/mol. The van der Waals surface area contributed by atoms with Gasteiger partial charge < -0.3 is 10.4 Å². The van der Waals surface area contributed by atoms with Gasteiger partial charge in [0.25, 0.3) is 5.56 Å². The molecular weight excluding hydrogens is 628 g/mol. The van der Waals surface area contributed by atoms with Crippen molar-refractivity contribution in [3.05, 3.63) is 85.5 Å². The van der Waals surface area contributed by atoms with Gasteiger partial charge in [0.1, 0.15) is 17.1 Å². The molecule has 0 bridgehead atoms. The van der Waals surface area contributed by atoms with Crippen LogP contribution >= 0.6 is 30.8 Å². The molecule has 11 nitrogen and oxygen atoms in total. The van der Waals surface area contributed by atoms with Crippen LogP contribution in [0.4, 0.5) is 15.8 Å². The highest BCUT2D eigenvalue weighted by molar-refractivity contribution is 7.92. The number of thiophene rings is 1. The number of nitrogens with zero attached hydrogens (tertiary/aromatic N) is 3. The summed E-state index contributed by atoms with van der Waals surface area (Å²) in [5.74, 6) is -1.04. The Morgan fingerprint density at radius 1 is 1.24 bits per heavy atom. The first kappa shape index (κ1) is 30.1. The van der Waals surface area contributed by atoms with E-state index in [0.717, 1.165) is 10.9 Å². The molecule has 0 saturated heterocycles. The lowest BCUT2D eigenvalue weighted by Crippen LogP contribution is -2.36. The van der Waals surface area contributed by atoms with Gasteiger partial charge in [-0.2, -0.15) is 25.5 Å². The van der Waals surface area contributed by atoms with Crippen molar-refractivity contribution in [1.82, 2.24) is 9.78 Å². The first-order valence-corrected chi connectivity index (χ1v) is 17.1. The summed E-state index contributed by atoms with van der Waals surface area (Å²) in [6, 6.07) is 10.5. The third kappa shape index (κ3) is 5.91. The van der Waals surface area contributed by atoms with Gasteiger partial charge in [-0.05, 0) is 53.0 Å². The number of hydrogen-bond donors (Lipinski definition) is 3. The fourth-order valence-corrected chi connectivity index (χ4v) is 7.94. The summed E-state index contributed by atoms with van der Waals surface area (Å²) in [5, 5.41) is 22.9. The standard InChI is InChI=1S/C26H24ClFN5O6PS2/c1-4-39-40(38-2)21-12-17(32-42(3,36)37)6-8-20(21)29-25(31-40)22-24(34)23(16-9-10-41-14-16)30-33(26(22)35)13-15-5-7-19(28)18(27)11-15/h5-12,14H,4,13H2,1-3H3,(H2-,29,30,31,32,34,35)/p+1. The minimum absolute atomic E-state index is 0.0257. The third-order valence-electron chi connectivity index (χ3n) is 6.12. The lowest BCUT2D eigenvalue weighted by molar-refractivity contribution is 0.286. The predicted octanol–water partition coefficient (Wildman–Crippen LogP) is 4.83. The first-order valence-electron chi connectivity index (χ1n) is 12.3. The molecule has 3 heterocycles. The molecule has 1 aliphatic rings. The molecule has 0 radical (unpaired) electrons. The molecule has 1 atom stereocenters. The van der Waals surface area contributed by atoms with Crippen molar-refractivity contribution in [2.24, 2.45) is 4.76 Å². The highest BCUT2D eigenvalue weighted by Gasteiger charge is 2.51. The topological polar surface area (TPSA) is 144 Å². The Morgan fingerprint density at radius 3 is 2.67 bits per heavy atom. The van der Waals surface area contributed by atoms with Crippen LogP contribution in [0.5, 0.6) is 5.75 Å². The van der Waals surface area contributed by atoms with Gasteiger partial charge in [-0.25, -0.2) is 17.5 Å². The van der Waals surface area contributed by atoms with Crippen LogP contribution in [0.1, 0.15) is 18.1 Å². The summed E-state index contributed by atoms with van der Waals surface area (Å²) in [6.07, 6.45) is 1.03. The summed E-state index contributed by atoms with van der Waals surface area (Å²) in [4.78, 5) is 13.9. The number of aromatic hydroxyl groups is 1. The second-order valence-corrected chi connectivity index (χ2v) is 14.4. The maximum atomic E-state index is 13.9. The Labute approximate surface area is 250 Å². The lowest BCUT2D eigenvalue weighted by Gasteiger charge is -2.26. The molecular formula is C26H25ClFN5O6PS2+. The number of amidine groups is 1. The number of halogens is 2. The first-order chi connectivity index (χ1) is 19.9. The van der Waals surface area contributed by atoms with Crippen LogP contribution in [0.25, 0.3) is 11.3 Å². The molecule has 2 aromatic heterocycles. The van der Waals surface area contributed by atoms with Crippen molar-refractivity contribution in [2.45, 2.75) is 13.5 Å². The van der Waals surface area contributed by atoms with E-state index >= 15 is 0 Å². The number of sulfonamides is 1. The Morgan fingerprint density at radius 2 is 2.02 bits per heavy atom. The number of aromatic nitrogens is 2. The second kappa shape index (κ2) is 11.7. The van der Waals surface area contributed by atoms with Gasteiger partial charge in [-0.15, -0.1) is 0 Å². The summed E-state index contributed by atoms with van der Waals surface area (Å²) >= 11 is 7.35. The molecule has 0 saturated carbocycles. The average molecular weight is 653 g/mol. The minimum Gasteiger partial charge on any atom is -0.505 e. The van der Waals surface area contributed by atoms with E-state index in [1.54, 1.807) is 35.9 Å². The van der Waals surface area contributed by atoms with Crippen molar-refractivity contribution < 1.29 is 27.0 Å². The number of rotatable bonds is 9. The van der Waals surface area contributed by atoms with Crippen molar-refractivity contribution >= 4 is 63.3 Å². The normalized spacial score (nSPS) is 16.5. The van der Waals surface area contributed by atoms with Gasteiger partial charge in [0.05, 0.1) is 42.9 Å². The molecule has 0 fully saturated rings. The van der Waals surface area contributed by atoms with E-state index in [0.29, 0.717) is 22.1 Å². The van der Waals surface area contributed by atoms with Gasteiger partial charge in [0.15, 0.2) is 11.6 Å². The van der Waals surface area contributed by atoms with Crippen LogP contribution in [0.3, 0.4) is 0 Å². The molecule has 0 amide bonds. The van der Waals surface area contributed by atoms with E-state index in [9.17, 15) is 22.7 Å². The van der Waals surface area contributed by atoms with Crippen LogP contribution in [-0.4, -0.2) is 49.1 Å². The molecule has 1 unspecified atom stereocenters. The van der Waals surface area contributed by atoms with Crippen molar-refractivity contribution in [2.75, 3.05) is 30.0 Å². The Kier molecular flexibility index (Phi) is 8.39. The minimum atomic E-state index is -3.57. The highest BCUT2D eigenvalue weighted by Crippen LogP contribution is 2.64. The molecule has 0 spiro atoms. The largest absolute Gasteiger partial charge is 0.505 e. The Bertz CT molecular complexity index is 1870. The summed E-state index contributed by atoms with van der Waals surface area (Å²) < 4.78 is 57.7. The molecule has 2 aromatic carbocycles. The summed E-state index contributed by atoms with van der Waals surface area (Å²) in [7, 11) is -5.51. The van der Waals surface area contributed by atoms with Gasteiger partial charge in [-0.3, -0.25) is 9.52 Å². The van der Waals surface area contributed by atoms with Crippen LogP contribution in [0.15, 0.2) is 62.8 Å². The van der Waals surface area contributed by atoms with E-state index in [-0.39, 0.29) is 41.0 Å². The summed E-state index contributed by atoms with van der Waals surface area (Å²) in [6.45, 7) is 1.85. The molecule has 3 N–H and O–H groups in total. The highest BCUT2D eigenvalue weighted by atomic mass is 35.5. The predicted molar refractivity (Wildman–Crippen MR) is 164 cm³/mol. The van der Waals surface area contributed by atoms with E-state index in [1.807, 2.05) is 0 Å². The average Bonchev–Trinajstić information content (AvgIpc) is 3.47. The van der Waals surface area contributed by atoms with Crippen LogP contribution in [-0.2, 0) is 25.6 Å². The second-order valence-electron chi connectivity index (χ2n) is 9.10. The SMILES string of the molecule is CCO[P+]1(OC)N=C(c2c(O)c(-c3ccsc3)nn(Cc3ccc(F)c(Cl)c3)c2=O)Nc2ccc(NS(C)(=O)=O)cc21. The smallest absolute Gasteiger partial charge is 0.434 e. The van der Waals surface area contributed by atoms with Gasteiger partial charge >= 0.3 is 7.87 Å². The van der Waals surface area contributed by atoms with Crippen LogP contribution in [0, 0.1) is 5.82 Å². The van der Waals surface area contributed by atoms with Gasteiger partial charge in [0, 0.05) is 17.0 Å². The maximum absolute atomic E-state index is 13.9. The maximum Gasteiger partial charge on any atom is 0.434 e. The quantitative estimate of drug-likeness (QED) is 0.218. The van der Waals surface area contributed by atoms with Gasteiger partial charge in [0.2, 0.25) is 15.3 Å². The fourth-order valence-electron chi connectivity index (χ4n) is 4.35. The molecule has 42 heavy (non-hydrogen) atoms. The molecule has 16 heteroatoms. The van der Waals surface area contributed by atoms with E-state index in [1.165, 1.54) is 42.7 Å². The van der Waals surface area contributed by atoms with E-state index in [2.05, 4.69) is 15.1 Å². The molecule has 5 rings (SSSR count). The number of anilines is 2. The van der Waals surface area contributed by atoms with Gasteiger partial charge in [-0.1, -0.05) is 17.7 Å². The van der Waals surface area contributed by atoms with E-state index < -0.39 is 35.0 Å². The molecule has 220 valence electrons. The summed E-state index contributed by atoms with van der Waals surface area (Å²) in [5.41, 5.74) is 1.02. The number of fused-ring (bicyclic) bond motifs is 1. The van der Waals surface area contributed by atoms with Crippen molar-refractivity contribution in [3.8, 4) is 17.0 Å². The molecule has 4 aromatic rings. The Balaban J connectivity index is 1.71. The number of nitrogens with one attached hydrogen (secondary N) is 2. The zero-order valence-electron chi connectivity index (χ0n) is 22.5. The lowest BCUT2D eigenvalue weighted by atomic mass is 10.1.